The van der Waals surface area contributed by atoms with Crippen molar-refractivity contribution in [2.75, 3.05) is 24.4 Å². The van der Waals surface area contributed by atoms with E-state index in [9.17, 15) is 9.59 Å². The first kappa shape index (κ1) is 19.4. The second-order valence-corrected chi connectivity index (χ2v) is 6.35. The van der Waals surface area contributed by atoms with Gasteiger partial charge in [-0.05, 0) is 42.5 Å². The van der Waals surface area contributed by atoms with Crippen LogP contribution in [0.15, 0.2) is 66.9 Å². The maximum absolute atomic E-state index is 12.6. The monoisotopic (exact) mass is 395 g/mol. The van der Waals surface area contributed by atoms with Gasteiger partial charge in [0.2, 0.25) is 0 Å². The maximum Gasteiger partial charge on any atom is 0.337 e. The number of carbonyl (C=O) groups excluding carboxylic acids is 2. The van der Waals surface area contributed by atoms with Crippen LogP contribution in [0.3, 0.4) is 0 Å². The van der Waals surface area contributed by atoms with Crippen LogP contribution >= 0.6 is 11.6 Å². The lowest BCUT2D eigenvalue weighted by atomic mass is 10.2. The van der Waals surface area contributed by atoms with Gasteiger partial charge < -0.3 is 15.0 Å². The molecule has 1 amide bonds. The first-order chi connectivity index (χ1) is 13.5. The molecule has 0 aliphatic rings. The van der Waals surface area contributed by atoms with E-state index in [4.69, 9.17) is 16.3 Å². The summed E-state index contributed by atoms with van der Waals surface area (Å²) >= 11 is 6.18. The van der Waals surface area contributed by atoms with E-state index in [1.807, 2.05) is 30.3 Å². The van der Waals surface area contributed by atoms with E-state index in [0.717, 1.165) is 5.69 Å². The number of carbonyl (C=O) groups is 2. The Morgan fingerprint density at radius 2 is 1.75 bits per heavy atom. The number of esters is 1. The van der Waals surface area contributed by atoms with Crippen LogP contribution in [0.25, 0.3) is 0 Å². The fraction of sp³-hybridized carbons (Fsp3) is 0.0952. The van der Waals surface area contributed by atoms with Crippen molar-refractivity contribution in [3.8, 4) is 0 Å². The molecule has 142 valence electrons. The van der Waals surface area contributed by atoms with Crippen LogP contribution in [0.4, 0.5) is 17.2 Å². The van der Waals surface area contributed by atoms with E-state index in [1.165, 1.54) is 13.3 Å². The number of anilines is 3. The number of nitrogens with one attached hydrogen (secondary N) is 1. The fourth-order valence-corrected chi connectivity index (χ4v) is 2.73. The summed E-state index contributed by atoms with van der Waals surface area (Å²) in [7, 11) is 3.02. The number of para-hydroxylation sites is 1. The highest BCUT2D eigenvalue weighted by Gasteiger charge is 2.14. The molecular weight excluding hydrogens is 378 g/mol. The molecule has 0 saturated carbocycles. The van der Waals surface area contributed by atoms with Gasteiger partial charge in [-0.3, -0.25) is 4.79 Å². The number of hydrogen-bond acceptors (Lipinski definition) is 5. The summed E-state index contributed by atoms with van der Waals surface area (Å²) in [6.45, 7) is 0. The number of amides is 1. The van der Waals surface area contributed by atoms with E-state index in [0.29, 0.717) is 27.7 Å². The van der Waals surface area contributed by atoms with Crippen molar-refractivity contribution in [3.05, 3.63) is 83.0 Å². The Hall–Kier alpha value is -3.38. The summed E-state index contributed by atoms with van der Waals surface area (Å²) in [5.41, 5.74) is 2.12. The lowest BCUT2D eigenvalue weighted by molar-refractivity contribution is 0.0600. The smallest absolute Gasteiger partial charge is 0.337 e. The average Bonchev–Trinajstić information content (AvgIpc) is 2.74. The van der Waals surface area contributed by atoms with Crippen LogP contribution in [0.2, 0.25) is 5.02 Å². The SMILES string of the molecule is COC(=O)c1ccc(Cl)c(Nc2ccc(C(=O)N(C)c3ccccc3)cn2)c1. The number of pyridine rings is 1. The lowest BCUT2D eigenvalue weighted by Gasteiger charge is -2.17. The number of benzene rings is 2. The summed E-state index contributed by atoms with van der Waals surface area (Å²) in [6, 6.07) is 17.5. The molecule has 2 aromatic carbocycles. The minimum atomic E-state index is -0.461. The molecule has 6 nitrogen and oxygen atoms in total. The number of ether oxygens (including phenoxy) is 1. The molecule has 1 heterocycles. The second kappa shape index (κ2) is 8.54. The average molecular weight is 396 g/mol. The Balaban J connectivity index is 1.76. The van der Waals surface area contributed by atoms with Crippen LogP contribution in [-0.2, 0) is 4.74 Å². The van der Waals surface area contributed by atoms with Gasteiger partial charge in [0.15, 0.2) is 0 Å². The third-order valence-corrected chi connectivity index (χ3v) is 4.44. The normalized spacial score (nSPS) is 10.2. The Labute approximate surface area is 167 Å². The van der Waals surface area contributed by atoms with Crippen LogP contribution in [0.5, 0.6) is 0 Å². The third-order valence-electron chi connectivity index (χ3n) is 4.11. The van der Waals surface area contributed by atoms with E-state index in [-0.39, 0.29) is 5.91 Å². The van der Waals surface area contributed by atoms with Gasteiger partial charge in [-0.15, -0.1) is 0 Å². The Morgan fingerprint density at radius 3 is 2.39 bits per heavy atom. The molecule has 0 radical (unpaired) electrons. The Bertz CT molecular complexity index is 992. The van der Waals surface area contributed by atoms with Crippen molar-refractivity contribution in [3.63, 3.8) is 0 Å². The number of hydrogen-bond donors (Lipinski definition) is 1. The molecule has 28 heavy (non-hydrogen) atoms. The molecule has 0 bridgehead atoms. The molecule has 0 spiro atoms. The standard InChI is InChI=1S/C21H18ClN3O3/c1-25(16-6-4-3-5-7-16)20(26)15-9-11-19(23-13-15)24-18-12-14(21(27)28-2)8-10-17(18)22/h3-13H,1-2H3,(H,23,24). The zero-order valence-electron chi connectivity index (χ0n) is 15.3. The molecule has 0 unspecified atom stereocenters. The van der Waals surface area contributed by atoms with E-state index >= 15 is 0 Å². The maximum atomic E-state index is 12.6. The van der Waals surface area contributed by atoms with E-state index < -0.39 is 5.97 Å². The van der Waals surface area contributed by atoms with Gasteiger partial charge in [-0.1, -0.05) is 29.8 Å². The molecule has 3 rings (SSSR count). The summed E-state index contributed by atoms with van der Waals surface area (Å²) in [5, 5.41) is 3.47. The van der Waals surface area contributed by atoms with Crippen molar-refractivity contribution in [2.24, 2.45) is 0 Å². The summed E-state index contributed by atoms with van der Waals surface area (Å²) in [4.78, 5) is 30.1. The summed E-state index contributed by atoms with van der Waals surface area (Å²) in [6.07, 6.45) is 1.49. The van der Waals surface area contributed by atoms with Gasteiger partial charge in [0.05, 0.1) is 28.9 Å². The van der Waals surface area contributed by atoms with Gasteiger partial charge in [0.25, 0.3) is 5.91 Å². The molecule has 0 aliphatic heterocycles. The summed E-state index contributed by atoms with van der Waals surface area (Å²) in [5.74, 6) is -0.142. The second-order valence-electron chi connectivity index (χ2n) is 5.94. The molecule has 0 saturated heterocycles. The first-order valence-electron chi connectivity index (χ1n) is 8.43. The Morgan fingerprint density at radius 1 is 1.04 bits per heavy atom. The van der Waals surface area contributed by atoms with E-state index in [2.05, 4.69) is 10.3 Å². The Kier molecular flexibility index (Phi) is 5.91. The number of halogens is 1. The van der Waals surface area contributed by atoms with Gasteiger partial charge >= 0.3 is 5.97 Å². The lowest BCUT2D eigenvalue weighted by Crippen LogP contribution is -2.26. The quantitative estimate of drug-likeness (QED) is 0.642. The van der Waals surface area contributed by atoms with Crippen LogP contribution in [0.1, 0.15) is 20.7 Å². The van der Waals surface area contributed by atoms with Crippen LogP contribution < -0.4 is 10.2 Å². The molecule has 3 aromatic rings. The predicted molar refractivity (Wildman–Crippen MR) is 109 cm³/mol. The van der Waals surface area contributed by atoms with Crippen LogP contribution in [0, 0.1) is 0 Å². The summed E-state index contributed by atoms with van der Waals surface area (Å²) < 4.78 is 4.71. The zero-order chi connectivity index (χ0) is 20.1. The van der Waals surface area contributed by atoms with Crippen molar-refractivity contribution < 1.29 is 14.3 Å². The largest absolute Gasteiger partial charge is 0.465 e. The minimum Gasteiger partial charge on any atom is -0.465 e. The molecule has 0 atom stereocenters. The minimum absolute atomic E-state index is 0.170. The van der Waals surface area contributed by atoms with E-state index in [1.54, 1.807) is 42.3 Å². The topological polar surface area (TPSA) is 71.5 Å². The van der Waals surface area contributed by atoms with Gasteiger partial charge in [0.1, 0.15) is 5.82 Å². The highest BCUT2D eigenvalue weighted by Crippen LogP contribution is 2.26. The third kappa shape index (κ3) is 4.29. The predicted octanol–water partition coefficient (Wildman–Crippen LogP) is 4.54. The molecule has 1 N–H and O–H groups in total. The highest BCUT2D eigenvalue weighted by atomic mass is 35.5. The van der Waals surface area contributed by atoms with Crippen molar-refractivity contribution in [1.29, 1.82) is 0 Å². The number of aromatic nitrogens is 1. The van der Waals surface area contributed by atoms with Gasteiger partial charge in [0, 0.05) is 18.9 Å². The van der Waals surface area contributed by atoms with Gasteiger partial charge in [-0.2, -0.15) is 0 Å². The molecule has 0 fully saturated rings. The van der Waals surface area contributed by atoms with Crippen molar-refractivity contribution in [1.82, 2.24) is 4.98 Å². The van der Waals surface area contributed by atoms with Crippen molar-refractivity contribution in [2.45, 2.75) is 0 Å². The molecule has 7 heteroatoms. The van der Waals surface area contributed by atoms with Crippen molar-refractivity contribution >= 4 is 40.7 Å². The fourth-order valence-electron chi connectivity index (χ4n) is 2.56. The number of nitrogens with zero attached hydrogens (tertiary/aromatic N) is 2. The number of methoxy groups -OCH3 is 1. The highest BCUT2D eigenvalue weighted by molar-refractivity contribution is 6.33. The zero-order valence-corrected chi connectivity index (χ0v) is 16.1. The molecular formula is C21H18ClN3O3. The van der Waals surface area contributed by atoms with Crippen LogP contribution in [-0.4, -0.2) is 31.0 Å². The number of rotatable bonds is 5. The van der Waals surface area contributed by atoms with Gasteiger partial charge in [-0.25, -0.2) is 9.78 Å². The molecule has 1 aromatic heterocycles. The first-order valence-corrected chi connectivity index (χ1v) is 8.81. The molecule has 0 aliphatic carbocycles.